The summed E-state index contributed by atoms with van der Waals surface area (Å²) in [6.45, 7) is 0. The summed E-state index contributed by atoms with van der Waals surface area (Å²) in [6.07, 6.45) is 4.43. The summed E-state index contributed by atoms with van der Waals surface area (Å²) in [5.41, 5.74) is 1.51. The average Bonchev–Trinajstić information content (AvgIpc) is 2.81. The molecular formula is C22H24N2Na2O4S4. The quantitative estimate of drug-likeness (QED) is 0.115. The van der Waals surface area contributed by atoms with Crippen LogP contribution in [0, 0.1) is 0 Å². The van der Waals surface area contributed by atoms with E-state index < -0.39 is 0 Å². The first-order valence-electron chi connectivity index (χ1n) is 9.79. The Kier molecular flexibility index (Phi) is 25.1. The van der Waals surface area contributed by atoms with E-state index in [1.54, 1.807) is 0 Å². The minimum absolute atomic E-state index is 0. The molecule has 0 bridgehead atoms. The largest absolute Gasteiger partial charge is 1.00 e. The number of carbonyl (C=O) groups is 4. The molecule has 0 aliphatic rings. The van der Waals surface area contributed by atoms with Gasteiger partial charge in [0.15, 0.2) is 0 Å². The molecule has 0 fully saturated rings. The van der Waals surface area contributed by atoms with Crippen LogP contribution < -0.4 is 69.7 Å². The van der Waals surface area contributed by atoms with E-state index in [9.17, 15) is 19.2 Å². The van der Waals surface area contributed by atoms with Gasteiger partial charge in [0.1, 0.15) is 12.6 Å². The van der Waals surface area contributed by atoms with Crippen LogP contribution in [-0.2, 0) is 42.5 Å². The van der Waals surface area contributed by atoms with Crippen LogP contribution in [-0.4, -0.2) is 24.4 Å². The first-order valence-corrected chi connectivity index (χ1v) is 13.3. The van der Waals surface area contributed by atoms with Crippen LogP contribution in [0.1, 0.15) is 38.5 Å². The van der Waals surface area contributed by atoms with Gasteiger partial charge in [-0.15, -0.1) is 0 Å². The molecule has 172 valence electrons. The minimum Gasteiger partial charge on any atom is -0.714 e. The third-order valence-electron chi connectivity index (χ3n) is 3.92. The topological polar surface area (TPSA) is 92.3 Å². The number of benzene rings is 2. The van der Waals surface area contributed by atoms with Crippen LogP contribution in [0.2, 0.25) is 0 Å². The molecule has 0 spiro atoms. The molecule has 2 aromatic rings. The third kappa shape index (κ3) is 17.5. The predicted octanol–water partition coefficient (Wildman–Crippen LogP) is -0.895. The Labute approximate surface area is 263 Å². The fourth-order valence-electron chi connectivity index (χ4n) is 2.33. The molecule has 2 rings (SSSR count). The van der Waals surface area contributed by atoms with E-state index in [-0.39, 0.29) is 70.9 Å². The number of hydrogen-bond donors (Lipinski definition) is 2. The number of carbonyl (C=O) groups excluding carboxylic acids is 4. The summed E-state index contributed by atoms with van der Waals surface area (Å²) < 4.78 is 0. The molecule has 0 unspecified atom stereocenters. The Bertz CT molecular complexity index is 785. The maximum atomic E-state index is 11.4. The van der Waals surface area contributed by atoms with Crippen molar-refractivity contribution in [2.24, 2.45) is 0 Å². The second-order valence-electron chi connectivity index (χ2n) is 6.43. The number of aldehydes is 2. The molecule has 2 N–H and O–H groups in total. The summed E-state index contributed by atoms with van der Waals surface area (Å²) in [5.74, 6) is -0.138. The minimum atomic E-state index is -0.0689. The van der Waals surface area contributed by atoms with E-state index in [0.717, 1.165) is 33.7 Å². The molecule has 0 atom stereocenters. The average molecular weight is 555 g/mol. The van der Waals surface area contributed by atoms with Gasteiger partial charge in [0.2, 0.25) is 11.8 Å². The molecule has 0 aromatic heterocycles. The van der Waals surface area contributed by atoms with Crippen molar-refractivity contribution in [2.45, 2.75) is 48.3 Å². The van der Waals surface area contributed by atoms with E-state index in [1.165, 1.54) is 21.6 Å². The van der Waals surface area contributed by atoms with Gasteiger partial charge in [-0.25, -0.2) is 0 Å². The van der Waals surface area contributed by atoms with Crippen molar-refractivity contribution in [1.29, 1.82) is 0 Å². The Balaban J connectivity index is 0. The van der Waals surface area contributed by atoms with Gasteiger partial charge in [-0.2, -0.15) is 0 Å². The monoisotopic (exact) mass is 554 g/mol. The summed E-state index contributed by atoms with van der Waals surface area (Å²) in [6, 6.07) is 14.7. The number of anilines is 2. The van der Waals surface area contributed by atoms with Gasteiger partial charge in [-0.1, -0.05) is 0 Å². The number of unbranched alkanes of at least 4 members (excludes halogenated alkanes) is 2. The molecule has 0 saturated heterocycles. The van der Waals surface area contributed by atoms with Crippen molar-refractivity contribution in [3.05, 3.63) is 48.5 Å². The molecule has 2 amide bonds. The van der Waals surface area contributed by atoms with Crippen molar-refractivity contribution >= 4 is 80.7 Å². The van der Waals surface area contributed by atoms with E-state index >= 15 is 0 Å². The normalized spacial score (nSPS) is 9.24. The number of hydrogen-bond acceptors (Lipinski definition) is 8. The Morgan fingerprint density at radius 2 is 1.00 bits per heavy atom. The van der Waals surface area contributed by atoms with Crippen LogP contribution in [0.15, 0.2) is 58.3 Å². The van der Waals surface area contributed by atoms with E-state index in [4.69, 9.17) is 23.3 Å². The molecule has 12 heteroatoms. The van der Waals surface area contributed by atoms with Gasteiger partial charge < -0.3 is 43.5 Å². The zero-order valence-electron chi connectivity index (χ0n) is 19.3. The summed E-state index contributed by atoms with van der Waals surface area (Å²) in [4.78, 5) is 44.9. The van der Waals surface area contributed by atoms with Gasteiger partial charge in [0.05, 0.1) is 0 Å². The van der Waals surface area contributed by atoms with Crippen molar-refractivity contribution in [3.8, 4) is 0 Å². The van der Waals surface area contributed by atoms with Crippen LogP contribution in [0.25, 0.3) is 0 Å². The first-order chi connectivity index (χ1) is 15.5. The molecular weight excluding hydrogens is 531 g/mol. The third-order valence-corrected chi connectivity index (χ3v) is 6.00. The molecule has 0 aliphatic carbocycles. The molecule has 2 aromatic carbocycles. The van der Waals surface area contributed by atoms with Crippen LogP contribution >= 0.6 is 21.6 Å². The fourth-order valence-corrected chi connectivity index (χ4v) is 3.49. The summed E-state index contributed by atoms with van der Waals surface area (Å²) in [7, 11) is 2.49. The van der Waals surface area contributed by atoms with Gasteiger partial charge >= 0.3 is 59.1 Å². The number of nitrogens with one attached hydrogen (secondary N) is 2. The Morgan fingerprint density at radius 1 is 0.676 bits per heavy atom. The smallest absolute Gasteiger partial charge is 0.714 e. The van der Waals surface area contributed by atoms with E-state index in [0.29, 0.717) is 38.5 Å². The van der Waals surface area contributed by atoms with Crippen molar-refractivity contribution in [1.82, 2.24) is 0 Å². The van der Waals surface area contributed by atoms with Crippen molar-refractivity contribution in [3.63, 3.8) is 0 Å². The zero-order valence-corrected chi connectivity index (χ0v) is 26.5. The SMILES string of the molecule is O=CCCCC(=O)Nc1ccc(S[S-])cc1.O=CCCCC(=O)Nc1ccc(S[S-])cc1.[Na+].[Na+]. The summed E-state index contributed by atoms with van der Waals surface area (Å²) in [5, 5.41) is 5.51. The maximum Gasteiger partial charge on any atom is 1.00 e. The molecule has 0 heterocycles. The maximum absolute atomic E-state index is 11.4. The second-order valence-corrected chi connectivity index (χ2v) is 8.71. The van der Waals surface area contributed by atoms with Crippen molar-refractivity contribution < 1.29 is 78.3 Å². The van der Waals surface area contributed by atoms with Crippen LogP contribution in [0.3, 0.4) is 0 Å². The Hall–Kier alpha value is 0.120. The Morgan fingerprint density at radius 3 is 1.26 bits per heavy atom. The van der Waals surface area contributed by atoms with Gasteiger partial charge in [0.25, 0.3) is 0 Å². The zero-order chi connectivity index (χ0) is 23.6. The molecule has 34 heavy (non-hydrogen) atoms. The van der Waals surface area contributed by atoms with Gasteiger partial charge in [-0.3, -0.25) is 31.2 Å². The number of rotatable bonds is 12. The van der Waals surface area contributed by atoms with E-state index in [2.05, 4.69) is 10.6 Å². The van der Waals surface area contributed by atoms with Crippen molar-refractivity contribution in [2.75, 3.05) is 10.6 Å². The standard InChI is InChI=1S/2C11H13NO2S2.2Na/c2*13-8-2-1-3-11(14)12-9-4-6-10(16-15)7-5-9;;/h2*4-8,15H,1-3H2,(H,12,14);;/q;;2*+1/p-2. The van der Waals surface area contributed by atoms with E-state index in [1.807, 2.05) is 48.5 Å². The first kappa shape index (κ1) is 36.3. The number of amides is 2. The fraction of sp³-hybridized carbons (Fsp3) is 0.273. The molecule has 0 saturated carbocycles. The summed E-state index contributed by atoms with van der Waals surface area (Å²) >= 11 is 9.63. The van der Waals surface area contributed by atoms with Gasteiger partial charge in [0, 0.05) is 37.1 Å². The molecule has 0 radical (unpaired) electrons. The van der Waals surface area contributed by atoms with Gasteiger partial charge in [-0.05, 0) is 71.2 Å². The molecule has 0 aliphatic heterocycles. The molecule has 6 nitrogen and oxygen atoms in total. The second kappa shape index (κ2) is 23.5. The van der Waals surface area contributed by atoms with Crippen LogP contribution in [0.5, 0.6) is 0 Å². The predicted molar refractivity (Wildman–Crippen MR) is 136 cm³/mol. The van der Waals surface area contributed by atoms with Crippen LogP contribution in [0.4, 0.5) is 11.4 Å².